The molecule has 1 amide bonds. The number of nitrogen functional groups attached to an aromatic ring is 1. The van der Waals surface area contributed by atoms with Crippen LogP contribution in [0.15, 0.2) is 24.3 Å². The van der Waals surface area contributed by atoms with E-state index in [0.29, 0.717) is 23.9 Å². The summed E-state index contributed by atoms with van der Waals surface area (Å²) in [6.07, 6.45) is 7.65. The summed E-state index contributed by atoms with van der Waals surface area (Å²) >= 11 is 0. The largest absolute Gasteiger partial charge is 0.482 e. The van der Waals surface area contributed by atoms with Gasteiger partial charge in [-0.25, -0.2) is 0 Å². The van der Waals surface area contributed by atoms with Crippen molar-refractivity contribution in [2.45, 2.75) is 12.8 Å². The number of carbonyl (C=O) groups is 1. The Balaban J connectivity index is 1.88. The van der Waals surface area contributed by atoms with E-state index in [1.165, 1.54) is 12.8 Å². The lowest BCUT2D eigenvalue weighted by molar-refractivity contribution is -0.133. The summed E-state index contributed by atoms with van der Waals surface area (Å²) in [7, 11) is 0. The van der Waals surface area contributed by atoms with E-state index in [4.69, 9.17) is 16.9 Å². The molecule has 0 aromatic heterocycles. The second kappa shape index (κ2) is 6.14. The van der Waals surface area contributed by atoms with Crippen LogP contribution in [0.25, 0.3) is 0 Å². The quantitative estimate of drug-likeness (QED) is 0.621. The van der Waals surface area contributed by atoms with Crippen molar-refractivity contribution < 1.29 is 9.53 Å². The molecular weight excluding hydrogens is 240 g/mol. The van der Waals surface area contributed by atoms with Crippen LogP contribution in [0.5, 0.6) is 5.75 Å². The van der Waals surface area contributed by atoms with Gasteiger partial charge in [-0.2, -0.15) is 0 Å². The van der Waals surface area contributed by atoms with Gasteiger partial charge in [-0.05, 0) is 30.9 Å². The number of nitrogens with two attached hydrogens (primary N) is 1. The van der Waals surface area contributed by atoms with Crippen molar-refractivity contribution in [1.82, 2.24) is 4.90 Å². The van der Waals surface area contributed by atoms with Gasteiger partial charge in [0.15, 0.2) is 6.61 Å². The van der Waals surface area contributed by atoms with Crippen LogP contribution >= 0.6 is 0 Å². The van der Waals surface area contributed by atoms with Crippen molar-refractivity contribution in [3.8, 4) is 18.1 Å². The third-order valence-corrected chi connectivity index (χ3v) is 3.08. The van der Waals surface area contributed by atoms with E-state index in [-0.39, 0.29) is 12.5 Å². The third-order valence-electron chi connectivity index (χ3n) is 3.08. The molecule has 1 saturated carbocycles. The Morgan fingerprint density at radius 1 is 1.47 bits per heavy atom. The maximum Gasteiger partial charge on any atom is 0.261 e. The maximum absolute atomic E-state index is 12.0. The highest BCUT2D eigenvalue weighted by Crippen LogP contribution is 2.29. The maximum atomic E-state index is 12.0. The zero-order chi connectivity index (χ0) is 13.7. The number of carbonyl (C=O) groups excluding carboxylic acids is 1. The number of amides is 1. The van der Waals surface area contributed by atoms with Gasteiger partial charge in [-0.15, -0.1) is 6.42 Å². The summed E-state index contributed by atoms with van der Waals surface area (Å²) in [6, 6.07) is 7.12. The Labute approximate surface area is 113 Å². The fourth-order valence-electron chi connectivity index (χ4n) is 1.82. The van der Waals surface area contributed by atoms with Gasteiger partial charge in [0.2, 0.25) is 0 Å². The van der Waals surface area contributed by atoms with E-state index in [2.05, 4.69) is 5.92 Å². The standard InChI is InChI=1S/C15H18N2O2/c1-2-9-17(10-12-7-8-12)15(18)11-19-14-6-4-3-5-13(14)16/h1,3-6,12H,7-11,16H2. The number of para-hydroxylation sites is 2. The average Bonchev–Trinajstić information content (AvgIpc) is 3.21. The van der Waals surface area contributed by atoms with Crippen LogP contribution in [0, 0.1) is 18.3 Å². The Kier molecular flexibility index (Phi) is 4.30. The molecule has 0 spiro atoms. The zero-order valence-electron chi connectivity index (χ0n) is 10.8. The second-order valence-corrected chi connectivity index (χ2v) is 4.75. The summed E-state index contributed by atoms with van der Waals surface area (Å²) < 4.78 is 5.44. The van der Waals surface area contributed by atoms with Gasteiger partial charge < -0.3 is 15.4 Å². The Morgan fingerprint density at radius 2 is 2.21 bits per heavy atom. The first-order chi connectivity index (χ1) is 9.20. The normalized spacial score (nSPS) is 13.6. The van der Waals surface area contributed by atoms with Crippen molar-refractivity contribution in [2.24, 2.45) is 5.92 Å². The average molecular weight is 258 g/mol. The van der Waals surface area contributed by atoms with E-state index in [1.807, 2.05) is 12.1 Å². The molecule has 4 nitrogen and oxygen atoms in total. The summed E-state index contributed by atoms with van der Waals surface area (Å²) in [5.41, 5.74) is 6.28. The highest BCUT2D eigenvalue weighted by molar-refractivity contribution is 5.78. The first-order valence-electron chi connectivity index (χ1n) is 6.39. The Bertz CT molecular complexity index is 489. The minimum atomic E-state index is -0.0897. The molecule has 0 heterocycles. The minimum absolute atomic E-state index is 0.0252. The van der Waals surface area contributed by atoms with Crippen molar-refractivity contribution in [3.05, 3.63) is 24.3 Å². The molecule has 0 radical (unpaired) electrons. The van der Waals surface area contributed by atoms with Gasteiger partial charge in [0.1, 0.15) is 5.75 Å². The second-order valence-electron chi connectivity index (χ2n) is 4.75. The number of benzene rings is 1. The summed E-state index contributed by atoms with van der Waals surface area (Å²) in [6.45, 7) is 1.04. The number of rotatable bonds is 6. The van der Waals surface area contributed by atoms with Crippen molar-refractivity contribution in [1.29, 1.82) is 0 Å². The highest BCUT2D eigenvalue weighted by atomic mass is 16.5. The molecule has 100 valence electrons. The minimum Gasteiger partial charge on any atom is -0.482 e. The van der Waals surface area contributed by atoms with Gasteiger partial charge in [0.05, 0.1) is 12.2 Å². The van der Waals surface area contributed by atoms with Crippen LogP contribution in [0.1, 0.15) is 12.8 Å². The lowest BCUT2D eigenvalue weighted by Crippen LogP contribution is -2.36. The van der Waals surface area contributed by atoms with Crippen LogP contribution in [0.4, 0.5) is 5.69 Å². The van der Waals surface area contributed by atoms with Crippen LogP contribution in [0.3, 0.4) is 0 Å². The number of nitrogens with zero attached hydrogens (tertiary/aromatic N) is 1. The summed E-state index contributed by atoms with van der Waals surface area (Å²) in [5.74, 6) is 3.57. The molecule has 19 heavy (non-hydrogen) atoms. The number of terminal acetylenes is 1. The molecule has 2 N–H and O–H groups in total. The zero-order valence-corrected chi connectivity index (χ0v) is 10.8. The van der Waals surface area contributed by atoms with E-state index in [0.717, 1.165) is 6.54 Å². The monoisotopic (exact) mass is 258 g/mol. The molecule has 1 aliphatic carbocycles. The van der Waals surface area contributed by atoms with Gasteiger partial charge in [0.25, 0.3) is 5.91 Å². The molecule has 2 rings (SSSR count). The Hall–Kier alpha value is -2.15. The first kappa shape index (κ1) is 13.3. The van der Waals surface area contributed by atoms with Crippen LogP contribution in [-0.2, 0) is 4.79 Å². The number of hydrogen-bond donors (Lipinski definition) is 1. The van der Waals surface area contributed by atoms with Gasteiger partial charge >= 0.3 is 0 Å². The molecule has 0 bridgehead atoms. The van der Waals surface area contributed by atoms with Crippen LogP contribution in [0.2, 0.25) is 0 Å². The van der Waals surface area contributed by atoms with Crippen molar-refractivity contribution >= 4 is 11.6 Å². The van der Waals surface area contributed by atoms with Gasteiger partial charge in [-0.3, -0.25) is 4.79 Å². The fraction of sp³-hybridized carbons (Fsp3) is 0.400. The van der Waals surface area contributed by atoms with E-state index in [1.54, 1.807) is 17.0 Å². The number of hydrogen-bond acceptors (Lipinski definition) is 3. The third kappa shape index (κ3) is 3.92. The molecule has 0 aliphatic heterocycles. The van der Waals surface area contributed by atoms with Crippen molar-refractivity contribution in [2.75, 3.05) is 25.4 Å². The molecule has 4 heteroatoms. The number of ether oxygens (including phenoxy) is 1. The molecule has 1 aromatic carbocycles. The van der Waals surface area contributed by atoms with E-state index < -0.39 is 0 Å². The van der Waals surface area contributed by atoms with Gasteiger partial charge in [0, 0.05) is 6.54 Å². The predicted molar refractivity (Wildman–Crippen MR) is 74.5 cm³/mol. The number of anilines is 1. The molecule has 1 fully saturated rings. The SMILES string of the molecule is C#CCN(CC1CC1)C(=O)COc1ccccc1N. The van der Waals surface area contributed by atoms with Crippen LogP contribution in [-0.4, -0.2) is 30.5 Å². The fourth-order valence-corrected chi connectivity index (χ4v) is 1.82. The molecular formula is C15H18N2O2. The molecule has 1 aliphatic rings. The smallest absolute Gasteiger partial charge is 0.261 e. The van der Waals surface area contributed by atoms with Crippen LogP contribution < -0.4 is 10.5 Å². The molecule has 0 unspecified atom stereocenters. The molecule has 0 atom stereocenters. The van der Waals surface area contributed by atoms with Crippen molar-refractivity contribution in [3.63, 3.8) is 0 Å². The predicted octanol–water partition coefficient (Wildman–Crippen LogP) is 1.52. The topological polar surface area (TPSA) is 55.6 Å². The van der Waals surface area contributed by atoms with E-state index in [9.17, 15) is 4.79 Å². The first-order valence-corrected chi connectivity index (χ1v) is 6.39. The van der Waals surface area contributed by atoms with Gasteiger partial charge in [-0.1, -0.05) is 18.1 Å². The lowest BCUT2D eigenvalue weighted by atomic mass is 10.3. The Morgan fingerprint density at radius 3 is 2.84 bits per heavy atom. The van der Waals surface area contributed by atoms with E-state index >= 15 is 0 Å². The lowest BCUT2D eigenvalue weighted by Gasteiger charge is -2.20. The molecule has 0 saturated heterocycles. The highest BCUT2D eigenvalue weighted by Gasteiger charge is 2.26. The molecule has 1 aromatic rings. The summed E-state index contributed by atoms with van der Waals surface area (Å²) in [4.78, 5) is 13.7. The summed E-state index contributed by atoms with van der Waals surface area (Å²) in [5, 5.41) is 0.